The van der Waals surface area contributed by atoms with Crippen molar-refractivity contribution in [2.75, 3.05) is 18.5 Å². The molecule has 0 aliphatic heterocycles. The van der Waals surface area contributed by atoms with E-state index in [4.69, 9.17) is 0 Å². The fraction of sp³-hybridized carbons (Fsp3) is 0.222. The summed E-state index contributed by atoms with van der Waals surface area (Å²) in [7, 11) is 1.92. The van der Waals surface area contributed by atoms with Crippen LogP contribution in [-0.2, 0) is 6.54 Å². The fourth-order valence-corrected chi connectivity index (χ4v) is 2.86. The highest BCUT2D eigenvalue weighted by atomic mass is 16.1. The second-order valence-electron chi connectivity index (χ2n) is 6.09. The molecule has 0 bridgehead atoms. The molecule has 0 aliphatic carbocycles. The number of rotatable bonds is 6. The van der Waals surface area contributed by atoms with Gasteiger partial charge in [0.05, 0.1) is 18.2 Å². The van der Waals surface area contributed by atoms with E-state index in [-0.39, 0.29) is 5.56 Å². The van der Waals surface area contributed by atoms with Gasteiger partial charge in [0.2, 0.25) is 5.95 Å². The number of H-pyrrole nitrogens is 1. The van der Waals surface area contributed by atoms with E-state index in [9.17, 15) is 4.79 Å². The zero-order valence-electron chi connectivity index (χ0n) is 14.4. The largest absolute Gasteiger partial charge is 0.345 e. The van der Waals surface area contributed by atoms with Crippen molar-refractivity contribution in [2.24, 2.45) is 0 Å². The minimum absolute atomic E-state index is 0.186. The van der Waals surface area contributed by atoms with Crippen LogP contribution in [-0.4, -0.2) is 42.9 Å². The molecular formula is C18H19N7O. The molecule has 8 nitrogen and oxygen atoms in total. The van der Waals surface area contributed by atoms with E-state index >= 15 is 0 Å². The highest BCUT2D eigenvalue weighted by molar-refractivity contribution is 5.76. The number of anilines is 1. The average molecular weight is 349 g/mol. The molecule has 26 heavy (non-hydrogen) atoms. The van der Waals surface area contributed by atoms with Gasteiger partial charge >= 0.3 is 0 Å². The number of hydrogen-bond donors (Lipinski definition) is 1. The maximum Gasteiger partial charge on any atom is 0.263 e. The molecule has 0 saturated carbocycles. The van der Waals surface area contributed by atoms with Crippen molar-refractivity contribution in [3.8, 4) is 5.69 Å². The minimum Gasteiger partial charge on any atom is -0.345 e. The van der Waals surface area contributed by atoms with Crippen LogP contribution in [0.2, 0.25) is 0 Å². The molecule has 0 unspecified atom stereocenters. The highest BCUT2D eigenvalue weighted by Crippen LogP contribution is 2.15. The van der Waals surface area contributed by atoms with Gasteiger partial charge in [-0.05, 0) is 18.6 Å². The van der Waals surface area contributed by atoms with Crippen molar-refractivity contribution in [3.05, 3.63) is 65.6 Å². The summed E-state index contributed by atoms with van der Waals surface area (Å²) >= 11 is 0. The van der Waals surface area contributed by atoms with Crippen molar-refractivity contribution in [1.29, 1.82) is 0 Å². The lowest BCUT2D eigenvalue weighted by atomic mass is 10.3. The Kier molecular flexibility index (Phi) is 4.22. The maximum atomic E-state index is 12.4. The van der Waals surface area contributed by atoms with Gasteiger partial charge in [0.25, 0.3) is 5.56 Å². The molecule has 4 aromatic rings. The molecule has 1 N–H and O–H groups in total. The topological polar surface area (TPSA) is 84.6 Å². The van der Waals surface area contributed by atoms with Crippen LogP contribution < -0.4 is 10.5 Å². The van der Waals surface area contributed by atoms with E-state index in [1.807, 2.05) is 53.0 Å². The molecule has 8 heteroatoms. The van der Waals surface area contributed by atoms with Crippen LogP contribution in [0, 0.1) is 0 Å². The Bertz CT molecular complexity index is 1050. The number of imidazole rings is 1. The first kappa shape index (κ1) is 16.1. The number of para-hydroxylation sites is 1. The summed E-state index contributed by atoms with van der Waals surface area (Å²) in [6.45, 7) is 1.62. The van der Waals surface area contributed by atoms with Crippen molar-refractivity contribution >= 4 is 17.0 Å². The molecule has 0 atom stereocenters. The Morgan fingerprint density at radius 3 is 2.85 bits per heavy atom. The third kappa shape index (κ3) is 3.08. The molecule has 0 fully saturated rings. The summed E-state index contributed by atoms with van der Waals surface area (Å²) in [4.78, 5) is 25.9. The summed E-state index contributed by atoms with van der Waals surface area (Å²) in [5, 5.41) is 4.80. The maximum absolute atomic E-state index is 12.4. The predicted octanol–water partition coefficient (Wildman–Crippen LogP) is 1.83. The molecule has 0 spiro atoms. The highest BCUT2D eigenvalue weighted by Gasteiger charge is 2.13. The number of benzene rings is 1. The third-order valence-corrected chi connectivity index (χ3v) is 4.26. The molecule has 132 valence electrons. The molecule has 3 aromatic heterocycles. The van der Waals surface area contributed by atoms with Crippen LogP contribution in [0.25, 0.3) is 16.7 Å². The second kappa shape index (κ2) is 6.83. The molecule has 4 rings (SSSR count). The minimum atomic E-state index is -0.186. The smallest absolute Gasteiger partial charge is 0.263 e. The van der Waals surface area contributed by atoms with Gasteiger partial charge in [-0.1, -0.05) is 18.2 Å². The first-order valence-corrected chi connectivity index (χ1v) is 8.43. The number of aryl methyl sites for hydroxylation is 1. The molecule has 0 amide bonds. The van der Waals surface area contributed by atoms with Crippen LogP contribution in [0.5, 0.6) is 0 Å². The fourth-order valence-electron chi connectivity index (χ4n) is 2.86. The number of nitrogens with zero attached hydrogens (tertiary/aromatic N) is 6. The van der Waals surface area contributed by atoms with Gasteiger partial charge in [-0.3, -0.25) is 9.78 Å². The number of aromatic nitrogens is 6. The van der Waals surface area contributed by atoms with Crippen LogP contribution in [0.4, 0.5) is 5.95 Å². The van der Waals surface area contributed by atoms with Gasteiger partial charge in [-0.15, -0.1) is 0 Å². The quantitative estimate of drug-likeness (QED) is 0.574. The first-order valence-electron chi connectivity index (χ1n) is 8.43. The van der Waals surface area contributed by atoms with Gasteiger partial charge in [0, 0.05) is 32.5 Å². The lowest BCUT2D eigenvalue weighted by Crippen LogP contribution is -2.25. The Balaban J connectivity index is 1.60. The summed E-state index contributed by atoms with van der Waals surface area (Å²) in [6, 6.07) is 9.67. The van der Waals surface area contributed by atoms with Crippen molar-refractivity contribution < 1.29 is 0 Å². The molecule has 3 heterocycles. The van der Waals surface area contributed by atoms with Crippen LogP contribution >= 0.6 is 0 Å². The molecule has 0 saturated heterocycles. The van der Waals surface area contributed by atoms with E-state index in [1.165, 1.54) is 0 Å². The summed E-state index contributed by atoms with van der Waals surface area (Å²) in [5.74, 6) is 0.533. The lowest BCUT2D eigenvalue weighted by Gasteiger charge is -2.17. The van der Waals surface area contributed by atoms with Gasteiger partial charge < -0.3 is 9.47 Å². The average Bonchev–Trinajstić information content (AvgIpc) is 3.32. The molecular weight excluding hydrogens is 330 g/mol. The number of aromatic amines is 1. The Hall–Kier alpha value is -3.42. The second-order valence-corrected chi connectivity index (χ2v) is 6.09. The standard InChI is InChI=1S/C18H19N7O/c1-23(9-5-10-24-11-8-19-13-24)18-21-16-15(17(26)22-18)12-20-25(16)14-6-3-2-4-7-14/h2-4,6-8,11-13H,5,9-10H2,1H3,(H,21,22,26). The molecule has 1 aromatic carbocycles. The number of nitrogens with one attached hydrogen (secondary N) is 1. The van der Waals surface area contributed by atoms with E-state index < -0.39 is 0 Å². The zero-order chi connectivity index (χ0) is 17.9. The number of fused-ring (bicyclic) bond motifs is 1. The first-order chi connectivity index (χ1) is 12.7. The SMILES string of the molecule is CN(CCCn1ccnc1)c1nc2c(cnn2-c2ccccc2)c(=O)[nH]1. The lowest BCUT2D eigenvalue weighted by molar-refractivity contribution is 0.633. The number of hydrogen-bond acceptors (Lipinski definition) is 5. The monoisotopic (exact) mass is 349 g/mol. The summed E-state index contributed by atoms with van der Waals surface area (Å²) in [5.41, 5.74) is 1.24. The van der Waals surface area contributed by atoms with E-state index in [1.54, 1.807) is 23.4 Å². The Labute approximate surface area is 149 Å². The predicted molar refractivity (Wildman–Crippen MR) is 99.6 cm³/mol. The normalized spacial score (nSPS) is 11.1. The Morgan fingerprint density at radius 2 is 2.08 bits per heavy atom. The van der Waals surface area contributed by atoms with Crippen LogP contribution in [0.1, 0.15) is 6.42 Å². The van der Waals surface area contributed by atoms with Crippen LogP contribution in [0.15, 0.2) is 60.0 Å². The Morgan fingerprint density at radius 1 is 1.23 bits per heavy atom. The summed E-state index contributed by atoms with van der Waals surface area (Å²) < 4.78 is 3.71. The van der Waals surface area contributed by atoms with Crippen molar-refractivity contribution in [1.82, 2.24) is 29.3 Å². The molecule has 0 aliphatic rings. The van der Waals surface area contributed by atoms with Crippen molar-refractivity contribution in [3.63, 3.8) is 0 Å². The van der Waals surface area contributed by atoms with E-state index in [2.05, 4.69) is 20.1 Å². The van der Waals surface area contributed by atoms with Crippen molar-refractivity contribution in [2.45, 2.75) is 13.0 Å². The van der Waals surface area contributed by atoms with Crippen LogP contribution in [0.3, 0.4) is 0 Å². The third-order valence-electron chi connectivity index (χ3n) is 4.26. The van der Waals surface area contributed by atoms with Gasteiger partial charge in [-0.25, -0.2) is 9.67 Å². The summed E-state index contributed by atoms with van der Waals surface area (Å²) in [6.07, 6.45) is 7.96. The van der Waals surface area contributed by atoms with Gasteiger partial charge in [0.1, 0.15) is 5.39 Å². The van der Waals surface area contributed by atoms with E-state index in [0.717, 1.165) is 25.2 Å². The van der Waals surface area contributed by atoms with E-state index in [0.29, 0.717) is 17.0 Å². The zero-order valence-corrected chi connectivity index (χ0v) is 14.4. The van der Waals surface area contributed by atoms with Gasteiger partial charge in [-0.2, -0.15) is 10.1 Å². The van der Waals surface area contributed by atoms with Gasteiger partial charge in [0.15, 0.2) is 5.65 Å². The molecule has 0 radical (unpaired) electrons.